The Hall–Kier alpha value is -2.60. The lowest BCUT2D eigenvalue weighted by molar-refractivity contribution is -0.122. The van der Waals surface area contributed by atoms with Crippen LogP contribution in [-0.4, -0.2) is 32.6 Å². The van der Waals surface area contributed by atoms with Crippen LogP contribution in [-0.2, 0) is 4.79 Å². The summed E-state index contributed by atoms with van der Waals surface area (Å²) in [7, 11) is 0. The first-order valence-corrected chi connectivity index (χ1v) is 7.99. The third-order valence-corrected chi connectivity index (χ3v) is 4.23. The maximum atomic E-state index is 12.5. The molecule has 0 aliphatic carbocycles. The van der Waals surface area contributed by atoms with Crippen molar-refractivity contribution in [2.75, 3.05) is 6.54 Å². The van der Waals surface area contributed by atoms with Gasteiger partial charge in [-0.25, -0.2) is 4.99 Å². The van der Waals surface area contributed by atoms with Gasteiger partial charge >= 0.3 is 0 Å². The molecule has 6 heteroatoms. The highest BCUT2D eigenvalue weighted by Crippen LogP contribution is 2.34. The van der Waals surface area contributed by atoms with Crippen molar-refractivity contribution in [3.63, 3.8) is 0 Å². The fourth-order valence-corrected chi connectivity index (χ4v) is 3.19. The number of thioether (sulfide) groups is 1. The van der Waals surface area contributed by atoms with Crippen molar-refractivity contribution in [1.29, 1.82) is 0 Å². The average Bonchev–Trinajstić information content (AvgIpc) is 2.83. The van der Waals surface area contributed by atoms with Gasteiger partial charge in [0.2, 0.25) is 0 Å². The number of phenols is 1. The number of rotatable bonds is 3. The van der Waals surface area contributed by atoms with Gasteiger partial charge in [0, 0.05) is 18.8 Å². The highest BCUT2D eigenvalue weighted by atomic mass is 32.2. The molecule has 1 amide bonds. The van der Waals surface area contributed by atoms with Gasteiger partial charge in [0.15, 0.2) is 5.17 Å². The highest BCUT2D eigenvalue weighted by molar-refractivity contribution is 8.18. The van der Waals surface area contributed by atoms with E-state index < -0.39 is 0 Å². The van der Waals surface area contributed by atoms with E-state index in [1.807, 2.05) is 25.1 Å². The van der Waals surface area contributed by atoms with Gasteiger partial charge in [0.25, 0.3) is 5.91 Å². The van der Waals surface area contributed by atoms with E-state index in [-0.39, 0.29) is 11.7 Å². The molecule has 1 aromatic heterocycles. The summed E-state index contributed by atoms with van der Waals surface area (Å²) in [5.74, 6) is 0.0653. The van der Waals surface area contributed by atoms with Gasteiger partial charge in [-0.05, 0) is 49.0 Å². The molecular weight excluding hydrogens is 310 g/mol. The van der Waals surface area contributed by atoms with E-state index >= 15 is 0 Å². The number of carbonyl (C=O) groups excluding carboxylic acids is 1. The minimum Gasteiger partial charge on any atom is -0.508 e. The number of nitrogens with zero attached hydrogens (tertiary/aromatic N) is 3. The molecule has 0 unspecified atom stereocenters. The van der Waals surface area contributed by atoms with Crippen molar-refractivity contribution in [1.82, 2.24) is 9.88 Å². The summed E-state index contributed by atoms with van der Waals surface area (Å²) < 4.78 is 0. The maximum Gasteiger partial charge on any atom is 0.266 e. The smallest absolute Gasteiger partial charge is 0.266 e. The zero-order chi connectivity index (χ0) is 16.2. The number of pyridine rings is 1. The lowest BCUT2D eigenvalue weighted by Gasteiger charge is -2.11. The van der Waals surface area contributed by atoms with Crippen molar-refractivity contribution >= 4 is 34.6 Å². The van der Waals surface area contributed by atoms with Crippen LogP contribution in [0, 0.1) is 0 Å². The van der Waals surface area contributed by atoms with E-state index in [1.165, 1.54) is 11.8 Å². The van der Waals surface area contributed by atoms with Crippen molar-refractivity contribution in [3.8, 4) is 5.75 Å². The highest BCUT2D eigenvalue weighted by Gasteiger charge is 2.32. The second kappa shape index (κ2) is 6.66. The Morgan fingerprint density at radius 3 is 2.87 bits per heavy atom. The molecule has 1 aliphatic rings. The number of phenolic OH excluding ortho intramolecular Hbond substituents is 1. The molecule has 0 spiro atoms. The van der Waals surface area contributed by atoms with Crippen LogP contribution in [0.15, 0.2) is 58.6 Å². The zero-order valence-corrected chi connectivity index (χ0v) is 13.3. The number of hydrogen-bond donors (Lipinski definition) is 1. The SMILES string of the molecule is CCN1C(=O)/C(=C/c2ccccn2)SC1=Nc1cccc(O)c1. The number of hydrogen-bond acceptors (Lipinski definition) is 5. The molecule has 2 aromatic rings. The monoisotopic (exact) mass is 325 g/mol. The summed E-state index contributed by atoms with van der Waals surface area (Å²) in [6.45, 7) is 2.43. The lowest BCUT2D eigenvalue weighted by Crippen LogP contribution is -2.28. The van der Waals surface area contributed by atoms with E-state index in [1.54, 1.807) is 41.4 Å². The van der Waals surface area contributed by atoms with Gasteiger partial charge in [-0.1, -0.05) is 12.1 Å². The van der Waals surface area contributed by atoms with Crippen LogP contribution < -0.4 is 0 Å². The Balaban J connectivity index is 1.93. The van der Waals surface area contributed by atoms with E-state index in [2.05, 4.69) is 9.98 Å². The molecule has 3 rings (SSSR count). The first kappa shape index (κ1) is 15.3. The van der Waals surface area contributed by atoms with Crippen LogP contribution in [0.4, 0.5) is 5.69 Å². The Morgan fingerprint density at radius 2 is 2.17 bits per heavy atom. The molecule has 0 bridgehead atoms. The van der Waals surface area contributed by atoms with Crippen LogP contribution in [0.5, 0.6) is 5.75 Å². The fraction of sp³-hybridized carbons (Fsp3) is 0.118. The van der Waals surface area contributed by atoms with Gasteiger partial charge in [0.05, 0.1) is 16.3 Å². The summed E-state index contributed by atoms with van der Waals surface area (Å²) in [5.41, 5.74) is 1.34. The van der Waals surface area contributed by atoms with Crippen LogP contribution in [0.3, 0.4) is 0 Å². The van der Waals surface area contributed by atoms with Gasteiger partial charge in [0.1, 0.15) is 5.75 Å². The maximum absolute atomic E-state index is 12.5. The standard InChI is InChI=1S/C17H15N3O2S/c1-2-20-16(22)15(11-12-6-3-4-9-18-12)23-17(20)19-13-7-5-8-14(21)10-13/h3-11,21H,2H2,1H3/b15-11-,19-17?. The van der Waals surface area contributed by atoms with Crippen LogP contribution in [0.2, 0.25) is 0 Å². The van der Waals surface area contributed by atoms with Crippen LogP contribution >= 0.6 is 11.8 Å². The van der Waals surface area contributed by atoms with Gasteiger partial charge in [-0.3, -0.25) is 14.7 Å². The van der Waals surface area contributed by atoms with Crippen LogP contribution in [0.1, 0.15) is 12.6 Å². The predicted molar refractivity (Wildman–Crippen MR) is 92.4 cm³/mol. The number of likely N-dealkylation sites (N-methyl/N-ethyl adjacent to an activating group) is 1. The number of amides is 1. The van der Waals surface area contributed by atoms with Crippen LogP contribution in [0.25, 0.3) is 6.08 Å². The summed E-state index contributed by atoms with van der Waals surface area (Å²) in [5, 5.41) is 10.1. The van der Waals surface area contributed by atoms with Crippen molar-refractivity contribution < 1.29 is 9.90 Å². The van der Waals surface area contributed by atoms with Crippen molar-refractivity contribution in [2.24, 2.45) is 4.99 Å². The number of carbonyl (C=O) groups is 1. The average molecular weight is 325 g/mol. The third kappa shape index (κ3) is 3.43. The minimum atomic E-state index is -0.0814. The van der Waals surface area contributed by atoms with E-state index in [4.69, 9.17) is 0 Å². The molecule has 1 N–H and O–H groups in total. The predicted octanol–water partition coefficient (Wildman–Crippen LogP) is 3.41. The molecule has 116 valence electrons. The summed E-state index contributed by atoms with van der Waals surface area (Å²) in [4.78, 5) is 23.4. The Bertz CT molecular complexity index is 787. The van der Waals surface area contributed by atoms with E-state index in [0.717, 1.165) is 5.69 Å². The molecule has 1 aliphatic heterocycles. The Labute approximate surface area is 138 Å². The quantitative estimate of drug-likeness (QED) is 0.878. The lowest BCUT2D eigenvalue weighted by atomic mass is 10.3. The largest absolute Gasteiger partial charge is 0.508 e. The van der Waals surface area contributed by atoms with Gasteiger partial charge in [-0.15, -0.1) is 0 Å². The van der Waals surface area contributed by atoms with E-state index in [9.17, 15) is 9.90 Å². The Morgan fingerprint density at radius 1 is 1.30 bits per heavy atom. The minimum absolute atomic E-state index is 0.0814. The number of amidine groups is 1. The summed E-state index contributed by atoms with van der Waals surface area (Å²) in [6, 6.07) is 12.2. The topological polar surface area (TPSA) is 65.8 Å². The van der Waals surface area contributed by atoms with Crippen molar-refractivity contribution in [3.05, 3.63) is 59.3 Å². The van der Waals surface area contributed by atoms with Crippen molar-refractivity contribution in [2.45, 2.75) is 6.92 Å². The number of aromatic nitrogens is 1. The molecule has 5 nitrogen and oxygen atoms in total. The molecule has 0 atom stereocenters. The molecule has 0 saturated carbocycles. The normalized spacial score (nSPS) is 18.1. The fourth-order valence-electron chi connectivity index (χ4n) is 2.14. The van der Waals surface area contributed by atoms with Gasteiger partial charge in [-0.2, -0.15) is 0 Å². The third-order valence-electron chi connectivity index (χ3n) is 3.23. The molecule has 1 saturated heterocycles. The first-order valence-electron chi connectivity index (χ1n) is 7.17. The number of aliphatic imine (C=N–C) groups is 1. The number of benzene rings is 1. The number of aromatic hydroxyl groups is 1. The van der Waals surface area contributed by atoms with Gasteiger partial charge < -0.3 is 5.11 Å². The van der Waals surface area contributed by atoms with E-state index in [0.29, 0.717) is 22.3 Å². The second-order valence-corrected chi connectivity index (χ2v) is 5.84. The molecule has 23 heavy (non-hydrogen) atoms. The first-order chi connectivity index (χ1) is 11.2. The summed E-state index contributed by atoms with van der Waals surface area (Å²) in [6.07, 6.45) is 3.45. The Kier molecular flexibility index (Phi) is 4.43. The summed E-state index contributed by atoms with van der Waals surface area (Å²) >= 11 is 1.31. The molecular formula is C17H15N3O2S. The molecule has 0 radical (unpaired) electrons. The molecule has 1 aromatic carbocycles. The second-order valence-electron chi connectivity index (χ2n) is 4.83. The zero-order valence-electron chi connectivity index (χ0n) is 12.5. The molecule has 1 fully saturated rings. The molecule has 2 heterocycles.